The molecule has 0 unspecified atom stereocenters. The van der Waals surface area contributed by atoms with Crippen LogP contribution in [0.1, 0.15) is 13.8 Å². The summed E-state index contributed by atoms with van der Waals surface area (Å²) in [5.41, 5.74) is 1.29. The van der Waals surface area contributed by atoms with Crippen molar-refractivity contribution in [3.63, 3.8) is 0 Å². The van der Waals surface area contributed by atoms with Crippen LogP contribution in [0.5, 0.6) is 0 Å². The van der Waals surface area contributed by atoms with E-state index in [0.29, 0.717) is 18.0 Å². The van der Waals surface area contributed by atoms with E-state index in [4.69, 9.17) is 0 Å². The predicted molar refractivity (Wildman–Crippen MR) is 88.8 cm³/mol. The van der Waals surface area contributed by atoms with E-state index in [1.54, 1.807) is 22.5 Å². The van der Waals surface area contributed by atoms with Crippen LogP contribution in [0, 0.1) is 0 Å². The van der Waals surface area contributed by atoms with Crippen LogP contribution in [0.15, 0.2) is 45.3 Å². The van der Waals surface area contributed by atoms with Crippen LogP contribution < -0.4 is 0 Å². The minimum atomic E-state index is -3.38. The highest BCUT2D eigenvalue weighted by atomic mass is 79.9. The SMILES string of the molecule is CC(C)=CCN1CCN(S(=O)(=O)c2cccc(Br)c2)CC1. The van der Waals surface area contributed by atoms with Gasteiger partial charge in [0.2, 0.25) is 10.0 Å². The number of piperazine rings is 1. The molecular formula is C15H21BrN2O2S. The Labute approximate surface area is 135 Å². The highest BCUT2D eigenvalue weighted by Crippen LogP contribution is 2.21. The lowest BCUT2D eigenvalue weighted by molar-refractivity contribution is 0.204. The molecule has 1 aliphatic rings. The third-order valence-corrected chi connectivity index (χ3v) is 5.91. The smallest absolute Gasteiger partial charge is 0.243 e. The van der Waals surface area contributed by atoms with E-state index < -0.39 is 10.0 Å². The minimum Gasteiger partial charge on any atom is -0.297 e. The van der Waals surface area contributed by atoms with Gasteiger partial charge in [-0.05, 0) is 32.0 Å². The Morgan fingerprint density at radius 1 is 1.24 bits per heavy atom. The van der Waals surface area contributed by atoms with Gasteiger partial charge in [-0.1, -0.05) is 33.6 Å². The standard InChI is InChI=1S/C15H21BrN2O2S/c1-13(2)6-7-17-8-10-18(11-9-17)21(19,20)15-5-3-4-14(16)12-15/h3-6,12H,7-11H2,1-2H3. The largest absolute Gasteiger partial charge is 0.297 e. The Hall–Kier alpha value is -0.690. The van der Waals surface area contributed by atoms with E-state index in [9.17, 15) is 8.42 Å². The number of halogens is 1. The molecule has 21 heavy (non-hydrogen) atoms. The monoisotopic (exact) mass is 372 g/mol. The zero-order valence-corrected chi connectivity index (χ0v) is 14.8. The molecule has 0 spiro atoms. The molecule has 0 atom stereocenters. The molecule has 0 saturated carbocycles. The van der Waals surface area contributed by atoms with Crippen LogP contribution in [-0.2, 0) is 10.0 Å². The van der Waals surface area contributed by atoms with Crippen LogP contribution in [0.3, 0.4) is 0 Å². The van der Waals surface area contributed by atoms with Gasteiger partial charge in [0, 0.05) is 37.2 Å². The van der Waals surface area contributed by atoms with Crippen molar-refractivity contribution in [2.45, 2.75) is 18.7 Å². The summed E-state index contributed by atoms with van der Waals surface area (Å²) >= 11 is 3.32. The van der Waals surface area contributed by atoms with Gasteiger partial charge in [0.1, 0.15) is 0 Å². The molecule has 1 fully saturated rings. The summed E-state index contributed by atoms with van der Waals surface area (Å²) in [6.07, 6.45) is 2.18. The number of hydrogen-bond acceptors (Lipinski definition) is 3. The van der Waals surface area contributed by atoms with Gasteiger partial charge in [0.25, 0.3) is 0 Å². The van der Waals surface area contributed by atoms with Crippen molar-refractivity contribution >= 4 is 26.0 Å². The highest BCUT2D eigenvalue weighted by molar-refractivity contribution is 9.10. The molecule has 1 heterocycles. The molecule has 1 aromatic rings. The molecule has 1 saturated heterocycles. The van der Waals surface area contributed by atoms with Gasteiger partial charge in [-0.3, -0.25) is 4.90 Å². The lowest BCUT2D eigenvalue weighted by Gasteiger charge is -2.33. The molecule has 0 aliphatic carbocycles. The van der Waals surface area contributed by atoms with Gasteiger partial charge < -0.3 is 0 Å². The topological polar surface area (TPSA) is 40.6 Å². The Morgan fingerprint density at radius 2 is 1.90 bits per heavy atom. The van der Waals surface area contributed by atoms with E-state index in [1.807, 2.05) is 6.07 Å². The Bertz CT molecular complexity index is 616. The first kappa shape index (κ1) is 16.7. The quantitative estimate of drug-likeness (QED) is 0.762. The van der Waals surface area contributed by atoms with Gasteiger partial charge in [-0.2, -0.15) is 4.31 Å². The van der Waals surface area contributed by atoms with Crippen LogP contribution in [0.25, 0.3) is 0 Å². The van der Waals surface area contributed by atoms with Crippen LogP contribution in [0.4, 0.5) is 0 Å². The summed E-state index contributed by atoms with van der Waals surface area (Å²) in [6.45, 7) is 7.69. The van der Waals surface area contributed by atoms with Crippen molar-refractivity contribution in [1.82, 2.24) is 9.21 Å². The second kappa shape index (κ2) is 7.05. The van der Waals surface area contributed by atoms with E-state index in [1.165, 1.54) is 5.57 Å². The summed E-state index contributed by atoms with van der Waals surface area (Å²) in [6, 6.07) is 6.89. The average molecular weight is 373 g/mol. The van der Waals surface area contributed by atoms with Gasteiger partial charge in [0.15, 0.2) is 0 Å². The van der Waals surface area contributed by atoms with E-state index in [2.05, 4.69) is 40.8 Å². The van der Waals surface area contributed by atoms with Crippen molar-refractivity contribution in [2.75, 3.05) is 32.7 Å². The average Bonchev–Trinajstić information content (AvgIpc) is 2.45. The summed E-state index contributed by atoms with van der Waals surface area (Å²) in [5, 5.41) is 0. The second-order valence-corrected chi connectivity index (χ2v) is 8.30. The number of sulfonamides is 1. The molecule has 0 amide bonds. The normalized spacial score (nSPS) is 17.7. The first-order valence-electron chi connectivity index (χ1n) is 7.01. The zero-order chi connectivity index (χ0) is 15.5. The Balaban J connectivity index is 2.03. The molecule has 2 rings (SSSR count). The number of benzene rings is 1. The van der Waals surface area contributed by atoms with Crippen LogP contribution in [0.2, 0.25) is 0 Å². The Kier molecular flexibility index (Phi) is 5.60. The first-order chi connectivity index (χ1) is 9.89. The van der Waals surface area contributed by atoms with Crippen molar-refractivity contribution in [2.24, 2.45) is 0 Å². The van der Waals surface area contributed by atoms with Crippen LogP contribution >= 0.6 is 15.9 Å². The molecular weight excluding hydrogens is 352 g/mol. The first-order valence-corrected chi connectivity index (χ1v) is 9.24. The third-order valence-electron chi connectivity index (χ3n) is 3.52. The maximum Gasteiger partial charge on any atom is 0.243 e. The molecule has 1 aliphatic heterocycles. The van der Waals surface area contributed by atoms with Gasteiger partial charge in [0.05, 0.1) is 4.90 Å². The van der Waals surface area contributed by atoms with Crippen LogP contribution in [-0.4, -0.2) is 50.3 Å². The third kappa shape index (κ3) is 4.39. The lowest BCUT2D eigenvalue weighted by Crippen LogP contribution is -2.48. The molecule has 1 aromatic carbocycles. The molecule has 6 heteroatoms. The van der Waals surface area contributed by atoms with E-state index >= 15 is 0 Å². The lowest BCUT2D eigenvalue weighted by atomic mass is 10.3. The summed E-state index contributed by atoms with van der Waals surface area (Å²) in [5.74, 6) is 0. The predicted octanol–water partition coefficient (Wildman–Crippen LogP) is 2.72. The molecule has 4 nitrogen and oxygen atoms in total. The summed E-state index contributed by atoms with van der Waals surface area (Å²) in [4.78, 5) is 2.63. The van der Waals surface area contributed by atoms with Crippen molar-refractivity contribution in [3.8, 4) is 0 Å². The van der Waals surface area contributed by atoms with Gasteiger partial charge in [-0.25, -0.2) is 8.42 Å². The summed E-state index contributed by atoms with van der Waals surface area (Å²) < 4.78 is 27.5. The van der Waals surface area contributed by atoms with Crippen molar-refractivity contribution in [3.05, 3.63) is 40.4 Å². The number of allylic oxidation sites excluding steroid dienone is 1. The molecule has 0 bridgehead atoms. The molecule has 0 aromatic heterocycles. The Morgan fingerprint density at radius 3 is 2.48 bits per heavy atom. The highest BCUT2D eigenvalue weighted by Gasteiger charge is 2.28. The maximum atomic E-state index is 12.6. The maximum absolute atomic E-state index is 12.6. The summed E-state index contributed by atoms with van der Waals surface area (Å²) in [7, 11) is -3.38. The van der Waals surface area contributed by atoms with E-state index in [0.717, 1.165) is 24.1 Å². The number of nitrogens with zero attached hydrogens (tertiary/aromatic N) is 2. The van der Waals surface area contributed by atoms with Gasteiger partial charge in [-0.15, -0.1) is 0 Å². The van der Waals surface area contributed by atoms with E-state index in [-0.39, 0.29) is 0 Å². The minimum absolute atomic E-state index is 0.356. The van der Waals surface area contributed by atoms with Gasteiger partial charge >= 0.3 is 0 Å². The fourth-order valence-corrected chi connectivity index (χ4v) is 4.26. The van der Waals surface area contributed by atoms with Crippen molar-refractivity contribution in [1.29, 1.82) is 0 Å². The molecule has 116 valence electrons. The van der Waals surface area contributed by atoms with Crippen molar-refractivity contribution < 1.29 is 8.42 Å². The molecule has 0 N–H and O–H groups in total. The number of hydrogen-bond donors (Lipinski definition) is 0. The molecule has 0 radical (unpaired) electrons. The zero-order valence-electron chi connectivity index (χ0n) is 12.4. The fourth-order valence-electron chi connectivity index (χ4n) is 2.24. The number of rotatable bonds is 4. The fraction of sp³-hybridized carbons (Fsp3) is 0.467. The second-order valence-electron chi connectivity index (χ2n) is 5.44.